The van der Waals surface area contributed by atoms with Gasteiger partial charge in [0.1, 0.15) is 10.2 Å². The van der Waals surface area contributed by atoms with Crippen LogP contribution < -0.4 is 9.46 Å². The standard InChI is InChI=1S/C23H19BrN2O5S/c1-15-21(24)22(31-25-15)26-32(27,28)23-11-10-19(20(13-23)16-6-3-2-4-7-16)17-8-5-9-18(12-17)29-14-30-23/h2-12,26H,13-14H2,1H3. The van der Waals surface area contributed by atoms with Gasteiger partial charge in [-0.15, -0.1) is 0 Å². The van der Waals surface area contributed by atoms with Crippen LogP contribution in [-0.4, -0.2) is 25.3 Å². The molecule has 164 valence electrons. The number of halogens is 1. The Morgan fingerprint density at radius 1 is 1.09 bits per heavy atom. The number of nitrogens with zero attached hydrogens (tertiary/aromatic N) is 1. The van der Waals surface area contributed by atoms with Crippen molar-refractivity contribution in [2.75, 3.05) is 11.5 Å². The van der Waals surface area contributed by atoms with E-state index in [2.05, 4.69) is 25.8 Å². The zero-order valence-corrected chi connectivity index (χ0v) is 19.4. The molecule has 3 heterocycles. The molecule has 9 heteroatoms. The lowest BCUT2D eigenvalue weighted by molar-refractivity contribution is -0.0355. The van der Waals surface area contributed by atoms with Gasteiger partial charge in [-0.25, -0.2) is 13.1 Å². The van der Waals surface area contributed by atoms with E-state index in [0.29, 0.717) is 15.9 Å². The average Bonchev–Trinajstić information content (AvgIpc) is 3.11. The SMILES string of the molecule is Cc1noc(NS(=O)(=O)C23C=CC(=C(c4ccccc4)C2)c2cccc(c2)OCO3)c1Br. The Balaban J connectivity index is 1.66. The lowest BCUT2D eigenvalue weighted by Crippen LogP contribution is -2.45. The summed E-state index contributed by atoms with van der Waals surface area (Å²) >= 11 is 3.31. The number of nitrogens with one attached hydrogen (secondary N) is 1. The van der Waals surface area contributed by atoms with Crippen molar-refractivity contribution >= 4 is 43.0 Å². The summed E-state index contributed by atoms with van der Waals surface area (Å²) < 4.78 is 47.1. The molecule has 6 rings (SSSR count). The predicted molar refractivity (Wildman–Crippen MR) is 124 cm³/mol. The van der Waals surface area contributed by atoms with E-state index in [1.54, 1.807) is 19.1 Å². The molecule has 32 heavy (non-hydrogen) atoms. The summed E-state index contributed by atoms with van der Waals surface area (Å²) in [5, 5.41) is 3.80. The van der Waals surface area contributed by atoms with Gasteiger partial charge in [0.25, 0.3) is 15.9 Å². The molecule has 3 aromatic rings. The van der Waals surface area contributed by atoms with Crippen molar-refractivity contribution in [2.24, 2.45) is 0 Å². The summed E-state index contributed by atoms with van der Waals surface area (Å²) in [6, 6.07) is 17.3. The molecule has 4 bridgehead atoms. The van der Waals surface area contributed by atoms with Crippen molar-refractivity contribution in [3.8, 4) is 5.75 Å². The Bertz CT molecular complexity index is 1350. The first-order valence-electron chi connectivity index (χ1n) is 9.88. The fourth-order valence-corrected chi connectivity index (χ4v) is 5.54. The quantitative estimate of drug-likeness (QED) is 0.519. The number of anilines is 1. The monoisotopic (exact) mass is 514 g/mol. The fourth-order valence-electron chi connectivity index (χ4n) is 3.82. The number of fused-ring (bicyclic) bond motifs is 3. The van der Waals surface area contributed by atoms with E-state index in [-0.39, 0.29) is 19.1 Å². The van der Waals surface area contributed by atoms with Gasteiger partial charge < -0.3 is 14.0 Å². The first-order chi connectivity index (χ1) is 15.4. The van der Waals surface area contributed by atoms with E-state index in [0.717, 1.165) is 22.3 Å². The molecule has 2 aromatic carbocycles. The fraction of sp³-hybridized carbons (Fsp3) is 0.174. The van der Waals surface area contributed by atoms with Crippen LogP contribution >= 0.6 is 15.9 Å². The second-order valence-electron chi connectivity index (χ2n) is 7.53. The highest BCUT2D eigenvalue weighted by molar-refractivity contribution is 9.10. The Morgan fingerprint density at radius 2 is 1.88 bits per heavy atom. The molecule has 3 aliphatic rings. The van der Waals surface area contributed by atoms with Gasteiger partial charge >= 0.3 is 0 Å². The number of sulfonamides is 1. The van der Waals surface area contributed by atoms with Crippen molar-refractivity contribution in [3.63, 3.8) is 0 Å². The number of aromatic nitrogens is 1. The molecule has 1 N–H and O–H groups in total. The van der Waals surface area contributed by atoms with Gasteiger partial charge in [0.2, 0.25) is 4.93 Å². The van der Waals surface area contributed by atoms with Gasteiger partial charge in [-0.05, 0) is 63.3 Å². The number of rotatable bonds is 4. The molecule has 7 nitrogen and oxygen atoms in total. The van der Waals surface area contributed by atoms with Crippen LogP contribution in [0, 0.1) is 6.92 Å². The van der Waals surface area contributed by atoms with Gasteiger partial charge in [0.15, 0.2) is 6.79 Å². The van der Waals surface area contributed by atoms with Crippen LogP contribution in [0.15, 0.2) is 75.7 Å². The number of aryl methyl sites for hydroxylation is 1. The van der Waals surface area contributed by atoms with Gasteiger partial charge in [-0.2, -0.15) is 0 Å². The van der Waals surface area contributed by atoms with Gasteiger partial charge in [0.05, 0.1) is 5.69 Å². The highest BCUT2D eigenvalue weighted by atomic mass is 79.9. The third-order valence-corrected chi connectivity index (χ3v) is 8.22. The molecular weight excluding hydrogens is 496 g/mol. The molecular formula is C23H19BrN2O5S. The Morgan fingerprint density at radius 3 is 2.62 bits per heavy atom. The summed E-state index contributed by atoms with van der Waals surface area (Å²) in [7, 11) is -4.15. The normalized spacial score (nSPS) is 20.2. The minimum Gasteiger partial charge on any atom is -0.467 e. The Kier molecular flexibility index (Phi) is 5.19. The number of allylic oxidation sites excluding steroid dienone is 2. The van der Waals surface area contributed by atoms with E-state index in [4.69, 9.17) is 14.0 Å². The molecule has 0 amide bonds. The van der Waals surface area contributed by atoms with Crippen LogP contribution in [-0.2, 0) is 14.8 Å². The third-order valence-electron chi connectivity index (χ3n) is 5.52. The van der Waals surface area contributed by atoms with Crippen molar-refractivity contribution in [2.45, 2.75) is 18.3 Å². The van der Waals surface area contributed by atoms with Crippen molar-refractivity contribution < 1.29 is 22.4 Å². The molecule has 0 radical (unpaired) electrons. The predicted octanol–water partition coefficient (Wildman–Crippen LogP) is 5.12. The lowest BCUT2D eigenvalue weighted by Gasteiger charge is -2.35. The number of hydrogen-bond donors (Lipinski definition) is 1. The third kappa shape index (κ3) is 3.56. The topological polar surface area (TPSA) is 90.7 Å². The van der Waals surface area contributed by atoms with E-state index >= 15 is 0 Å². The summed E-state index contributed by atoms with van der Waals surface area (Å²) in [4.78, 5) is -1.72. The van der Waals surface area contributed by atoms with Crippen molar-refractivity contribution in [1.82, 2.24) is 5.16 Å². The van der Waals surface area contributed by atoms with Crippen molar-refractivity contribution in [3.05, 3.63) is 88.0 Å². The molecule has 1 unspecified atom stereocenters. The van der Waals surface area contributed by atoms with E-state index in [1.165, 1.54) is 0 Å². The van der Waals surface area contributed by atoms with Gasteiger partial charge in [0, 0.05) is 6.42 Å². The summed E-state index contributed by atoms with van der Waals surface area (Å²) in [6.07, 6.45) is 3.45. The van der Waals surface area contributed by atoms with Gasteiger partial charge in [-0.1, -0.05) is 53.7 Å². The second kappa shape index (κ2) is 7.91. The summed E-state index contributed by atoms with van der Waals surface area (Å²) in [5.74, 6) is 0.589. The van der Waals surface area contributed by atoms with Crippen LogP contribution in [0.5, 0.6) is 5.75 Å². The smallest absolute Gasteiger partial charge is 0.269 e. The van der Waals surface area contributed by atoms with Gasteiger partial charge in [-0.3, -0.25) is 0 Å². The van der Waals surface area contributed by atoms with Crippen molar-refractivity contribution in [1.29, 1.82) is 0 Å². The molecule has 0 spiro atoms. The minimum absolute atomic E-state index is 0.00635. The zero-order valence-electron chi connectivity index (χ0n) is 17.0. The van der Waals surface area contributed by atoms with Crippen LogP contribution in [0.3, 0.4) is 0 Å². The van der Waals surface area contributed by atoms with E-state index < -0.39 is 15.0 Å². The minimum atomic E-state index is -4.15. The molecule has 1 aromatic heterocycles. The molecule has 2 aliphatic heterocycles. The number of hydrogen-bond acceptors (Lipinski definition) is 6. The maximum absolute atomic E-state index is 13.7. The molecule has 0 saturated heterocycles. The maximum atomic E-state index is 13.7. The molecule has 0 fully saturated rings. The Labute approximate surface area is 193 Å². The van der Waals surface area contributed by atoms with Crippen LogP contribution in [0.1, 0.15) is 23.2 Å². The van der Waals surface area contributed by atoms with Crippen LogP contribution in [0.4, 0.5) is 5.88 Å². The first-order valence-corrected chi connectivity index (χ1v) is 12.2. The lowest BCUT2D eigenvalue weighted by atomic mass is 9.86. The highest BCUT2D eigenvalue weighted by Crippen LogP contribution is 2.44. The average molecular weight is 515 g/mol. The zero-order chi connectivity index (χ0) is 22.3. The molecule has 0 saturated carbocycles. The maximum Gasteiger partial charge on any atom is 0.269 e. The molecule has 1 atom stereocenters. The number of benzene rings is 2. The second-order valence-corrected chi connectivity index (χ2v) is 10.2. The van der Waals surface area contributed by atoms with Crippen LogP contribution in [0.25, 0.3) is 11.1 Å². The van der Waals surface area contributed by atoms with E-state index in [1.807, 2.05) is 54.6 Å². The summed E-state index contributed by atoms with van der Waals surface area (Å²) in [5.41, 5.74) is 4.14. The van der Waals surface area contributed by atoms with E-state index in [9.17, 15) is 8.42 Å². The largest absolute Gasteiger partial charge is 0.467 e. The number of ether oxygens (including phenoxy) is 2. The first kappa shape index (κ1) is 21.0. The highest BCUT2D eigenvalue weighted by Gasteiger charge is 2.47. The molecule has 1 aliphatic carbocycles. The summed E-state index contributed by atoms with van der Waals surface area (Å²) in [6.45, 7) is 1.46. The van der Waals surface area contributed by atoms with Crippen LogP contribution in [0.2, 0.25) is 0 Å². The Hall–Kier alpha value is -2.88.